The fourth-order valence-electron chi connectivity index (χ4n) is 2.14. The molecule has 0 bridgehead atoms. The number of hydrogen-bond donors (Lipinski definition) is 0. The third-order valence-electron chi connectivity index (χ3n) is 3.32. The topological polar surface area (TPSA) is 29.5 Å². The highest BCUT2D eigenvalue weighted by molar-refractivity contribution is 5.87. The standard InChI is InChI=1S/C19H21NO2/c1-2-20(18-11-7-4-8-12-18)15-16-22-19(21)14-13-17-9-5-3-6-10-17/h3-14H,2,15-16H2,1H3. The van der Waals surface area contributed by atoms with Crippen LogP contribution in [0.4, 0.5) is 5.69 Å². The van der Waals surface area contributed by atoms with Gasteiger partial charge in [-0.15, -0.1) is 0 Å². The molecule has 0 aliphatic heterocycles. The number of benzene rings is 2. The molecule has 0 radical (unpaired) electrons. The van der Waals surface area contributed by atoms with Gasteiger partial charge >= 0.3 is 5.97 Å². The summed E-state index contributed by atoms with van der Waals surface area (Å²) < 4.78 is 5.25. The lowest BCUT2D eigenvalue weighted by Gasteiger charge is -2.22. The van der Waals surface area contributed by atoms with Crippen molar-refractivity contribution >= 4 is 17.7 Å². The van der Waals surface area contributed by atoms with E-state index in [1.807, 2.05) is 48.5 Å². The number of esters is 1. The number of likely N-dealkylation sites (N-methyl/N-ethyl adjacent to an activating group) is 1. The first-order valence-electron chi connectivity index (χ1n) is 7.49. The number of carbonyl (C=O) groups is 1. The minimum Gasteiger partial charge on any atom is -0.461 e. The van der Waals surface area contributed by atoms with E-state index in [1.54, 1.807) is 6.08 Å². The molecule has 2 rings (SSSR count). The molecule has 3 nitrogen and oxygen atoms in total. The van der Waals surface area contributed by atoms with E-state index in [1.165, 1.54) is 6.08 Å². The first kappa shape index (κ1) is 15.8. The zero-order valence-corrected chi connectivity index (χ0v) is 12.8. The first-order chi connectivity index (χ1) is 10.8. The Morgan fingerprint density at radius 1 is 1.05 bits per heavy atom. The predicted molar refractivity (Wildman–Crippen MR) is 90.8 cm³/mol. The second-order valence-electron chi connectivity index (χ2n) is 4.83. The maximum absolute atomic E-state index is 11.7. The van der Waals surface area contributed by atoms with E-state index in [0.717, 1.165) is 17.8 Å². The van der Waals surface area contributed by atoms with Gasteiger partial charge in [-0.1, -0.05) is 48.5 Å². The molecule has 2 aromatic rings. The molecule has 0 heterocycles. The Hall–Kier alpha value is -2.55. The van der Waals surface area contributed by atoms with Crippen molar-refractivity contribution in [1.82, 2.24) is 0 Å². The molecule has 22 heavy (non-hydrogen) atoms. The lowest BCUT2D eigenvalue weighted by Crippen LogP contribution is -2.27. The summed E-state index contributed by atoms with van der Waals surface area (Å²) in [4.78, 5) is 13.9. The van der Waals surface area contributed by atoms with Gasteiger partial charge < -0.3 is 9.64 Å². The summed E-state index contributed by atoms with van der Waals surface area (Å²) in [6, 6.07) is 19.8. The van der Waals surface area contributed by atoms with E-state index >= 15 is 0 Å². The zero-order chi connectivity index (χ0) is 15.6. The number of para-hydroxylation sites is 1. The molecule has 0 saturated heterocycles. The van der Waals surface area contributed by atoms with Gasteiger partial charge in [-0.05, 0) is 30.7 Å². The summed E-state index contributed by atoms with van der Waals surface area (Å²) in [5.74, 6) is -0.312. The number of hydrogen-bond acceptors (Lipinski definition) is 3. The van der Waals surface area contributed by atoms with Crippen LogP contribution in [0.1, 0.15) is 12.5 Å². The van der Waals surface area contributed by atoms with E-state index in [9.17, 15) is 4.79 Å². The molecule has 0 N–H and O–H groups in total. The highest BCUT2D eigenvalue weighted by Crippen LogP contribution is 2.12. The number of nitrogens with zero attached hydrogens (tertiary/aromatic N) is 1. The Morgan fingerprint density at radius 3 is 2.32 bits per heavy atom. The summed E-state index contributed by atoms with van der Waals surface area (Å²) >= 11 is 0. The van der Waals surface area contributed by atoms with Crippen molar-refractivity contribution in [2.24, 2.45) is 0 Å². The van der Waals surface area contributed by atoms with Gasteiger partial charge in [0.15, 0.2) is 0 Å². The molecule has 0 unspecified atom stereocenters. The number of anilines is 1. The van der Waals surface area contributed by atoms with Crippen molar-refractivity contribution in [3.05, 3.63) is 72.3 Å². The Bertz CT molecular complexity index is 593. The Balaban J connectivity index is 1.78. The molecule has 3 heteroatoms. The zero-order valence-electron chi connectivity index (χ0n) is 12.8. The molecular formula is C19H21NO2. The molecule has 0 fully saturated rings. The Kier molecular flexibility index (Phi) is 6.24. The second kappa shape index (κ2) is 8.67. The summed E-state index contributed by atoms with van der Waals surface area (Å²) in [6.07, 6.45) is 3.23. The van der Waals surface area contributed by atoms with Crippen molar-refractivity contribution < 1.29 is 9.53 Å². The predicted octanol–water partition coefficient (Wildman–Crippen LogP) is 3.77. The van der Waals surface area contributed by atoms with Gasteiger partial charge in [0.05, 0.1) is 6.54 Å². The highest BCUT2D eigenvalue weighted by atomic mass is 16.5. The molecule has 0 atom stereocenters. The van der Waals surface area contributed by atoms with Crippen LogP contribution in [0.25, 0.3) is 6.08 Å². The number of rotatable bonds is 7. The van der Waals surface area contributed by atoms with Gasteiger partial charge in [0.2, 0.25) is 0 Å². The van der Waals surface area contributed by atoms with E-state index in [2.05, 4.69) is 24.0 Å². The third kappa shape index (κ3) is 5.09. The maximum atomic E-state index is 11.7. The van der Waals surface area contributed by atoms with E-state index < -0.39 is 0 Å². The van der Waals surface area contributed by atoms with Gasteiger partial charge in [0, 0.05) is 18.3 Å². The normalized spacial score (nSPS) is 10.6. The Morgan fingerprint density at radius 2 is 1.68 bits per heavy atom. The van der Waals surface area contributed by atoms with Crippen LogP contribution >= 0.6 is 0 Å². The number of ether oxygens (including phenoxy) is 1. The van der Waals surface area contributed by atoms with Crippen molar-refractivity contribution in [3.8, 4) is 0 Å². The van der Waals surface area contributed by atoms with Gasteiger partial charge in [-0.2, -0.15) is 0 Å². The van der Waals surface area contributed by atoms with Crippen LogP contribution < -0.4 is 4.90 Å². The fourth-order valence-corrected chi connectivity index (χ4v) is 2.14. The molecule has 0 spiro atoms. The van der Waals surface area contributed by atoms with Gasteiger partial charge in [-0.3, -0.25) is 0 Å². The monoisotopic (exact) mass is 295 g/mol. The number of carbonyl (C=O) groups excluding carboxylic acids is 1. The van der Waals surface area contributed by atoms with Gasteiger partial charge in [-0.25, -0.2) is 4.79 Å². The molecule has 0 aromatic heterocycles. The van der Waals surface area contributed by atoms with E-state index in [0.29, 0.717) is 13.2 Å². The Labute approximate surface area is 131 Å². The maximum Gasteiger partial charge on any atom is 0.330 e. The smallest absolute Gasteiger partial charge is 0.330 e. The molecular weight excluding hydrogens is 274 g/mol. The first-order valence-corrected chi connectivity index (χ1v) is 7.49. The molecule has 114 valence electrons. The van der Waals surface area contributed by atoms with Crippen molar-refractivity contribution in [1.29, 1.82) is 0 Å². The van der Waals surface area contributed by atoms with Crippen LogP contribution in [0.2, 0.25) is 0 Å². The quantitative estimate of drug-likeness (QED) is 0.575. The summed E-state index contributed by atoms with van der Waals surface area (Å²) in [5.41, 5.74) is 2.12. The minimum absolute atomic E-state index is 0.312. The van der Waals surface area contributed by atoms with Crippen LogP contribution in [0.3, 0.4) is 0 Å². The van der Waals surface area contributed by atoms with Crippen molar-refractivity contribution in [2.75, 3.05) is 24.6 Å². The fraction of sp³-hybridized carbons (Fsp3) is 0.211. The lowest BCUT2D eigenvalue weighted by atomic mass is 10.2. The van der Waals surface area contributed by atoms with Crippen LogP contribution in [0.15, 0.2) is 66.7 Å². The summed E-state index contributed by atoms with van der Waals surface area (Å²) in [7, 11) is 0. The van der Waals surface area contributed by atoms with Gasteiger partial charge in [0.1, 0.15) is 6.61 Å². The average Bonchev–Trinajstić information content (AvgIpc) is 2.58. The largest absolute Gasteiger partial charge is 0.461 e. The van der Waals surface area contributed by atoms with Crippen LogP contribution in [0, 0.1) is 0 Å². The van der Waals surface area contributed by atoms with Crippen molar-refractivity contribution in [3.63, 3.8) is 0 Å². The minimum atomic E-state index is -0.312. The second-order valence-corrected chi connectivity index (χ2v) is 4.83. The van der Waals surface area contributed by atoms with E-state index in [4.69, 9.17) is 4.74 Å². The third-order valence-corrected chi connectivity index (χ3v) is 3.32. The van der Waals surface area contributed by atoms with Crippen LogP contribution in [0.5, 0.6) is 0 Å². The summed E-state index contributed by atoms with van der Waals surface area (Å²) in [5, 5.41) is 0. The van der Waals surface area contributed by atoms with Crippen molar-refractivity contribution in [2.45, 2.75) is 6.92 Å². The highest BCUT2D eigenvalue weighted by Gasteiger charge is 2.04. The summed E-state index contributed by atoms with van der Waals surface area (Å²) in [6.45, 7) is 4.03. The SMILES string of the molecule is CCN(CCOC(=O)C=Cc1ccccc1)c1ccccc1. The van der Waals surface area contributed by atoms with Crippen LogP contribution in [-0.2, 0) is 9.53 Å². The molecule has 0 aliphatic rings. The molecule has 2 aromatic carbocycles. The molecule has 0 saturated carbocycles. The lowest BCUT2D eigenvalue weighted by molar-refractivity contribution is -0.137. The molecule has 0 amide bonds. The van der Waals surface area contributed by atoms with Gasteiger partial charge in [0.25, 0.3) is 0 Å². The average molecular weight is 295 g/mol. The molecule has 0 aliphatic carbocycles. The van der Waals surface area contributed by atoms with Crippen LogP contribution in [-0.4, -0.2) is 25.7 Å². The van der Waals surface area contributed by atoms with E-state index in [-0.39, 0.29) is 5.97 Å².